The predicted octanol–water partition coefficient (Wildman–Crippen LogP) is 6.26. The molecular weight excluding hydrogens is 521 g/mol. The van der Waals surface area contributed by atoms with Gasteiger partial charge in [-0.25, -0.2) is 19.2 Å². The average Bonchev–Trinajstić information content (AvgIpc) is 3.53. The van der Waals surface area contributed by atoms with Crippen molar-refractivity contribution in [2.75, 3.05) is 31.1 Å². The molecule has 6 rings (SSSR count). The summed E-state index contributed by atoms with van der Waals surface area (Å²) < 4.78 is 14.3. The number of rotatable bonds is 5. The first-order valence-corrected chi connectivity index (χ1v) is 13.9. The Labute approximate surface area is 229 Å². The average molecular weight is 548 g/mol. The molecule has 0 radical (unpaired) electrons. The topological polar surface area (TPSA) is 61.4 Å². The molecule has 38 heavy (non-hydrogen) atoms. The van der Waals surface area contributed by atoms with Gasteiger partial charge in [0.1, 0.15) is 11.0 Å². The SMILES string of the molecule is O=C(NCc1ccnc(Cl)c1)N1CC2(CCN(CC=Cc3ccc(F)cc3)CC2)c2c1ccc1scnc21. The Morgan fingerprint density at radius 1 is 1.13 bits per heavy atom. The van der Waals surface area contributed by atoms with E-state index in [1.165, 1.54) is 17.7 Å². The van der Waals surface area contributed by atoms with Crippen molar-refractivity contribution in [3.05, 3.63) is 94.0 Å². The number of halogens is 2. The predicted molar refractivity (Wildman–Crippen MR) is 151 cm³/mol. The molecule has 2 aliphatic rings. The third kappa shape index (κ3) is 4.91. The molecule has 0 bridgehead atoms. The molecule has 9 heteroatoms. The van der Waals surface area contributed by atoms with E-state index in [0.29, 0.717) is 18.2 Å². The summed E-state index contributed by atoms with van der Waals surface area (Å²) >= 11 is 7.65. The number of anilines is 1. The number of hydrogen-bond donors (Lipinski definition) is 1. The number of thiazole rings is 1. The number of urea groups is 1. The molecule has 2 amide bonds. The number of piperidine rings is 1. The molecule has 2 aromatic carbocycles. The first-order chi connectivity index (χ1) is 18.5. The number of amides is 2. The van der Waals surface area contributed by atoms with Gasteiger partial charge in [0, 0.05) is 36.8 Å². The number of hydrogen-bond acceptors (Lipinski definition) is 5. The zero-order valence-electron chi connectivity index (χ0n) is 20.7. The van der Waals surface area contributed by atoms with E-state index < -0.39 is 0 Å². The fraction of sp³-hybridized carbons (Fsp3) is 0.276. The van der Waals surface area contributed by atoms with Crippen LogP contribution in [0.1, 0.15) is 29.5 Å². The van der Waals surface area contributed by atoms with Crippen LogP contribution in [-0.4, -0.2) is 47.1 Å². The van der Waals surface area contributed by atoms with E-state index >= 15 is 0 Å². The lowest BCUT2D eigenvalue weighted by Crippen LogP contribution is -2.47. The van der Waals surface area contributed by atoms with Gasteiger partial charge in [0.05, 0.1) is 21.4 Å². The van der Waals surface area contributed by atoms with Gasteiger partial charge in [0.2, 0.25) is 0 Å². The highest BCUT2D eigenvalue weighted by molar-refractivity contribution is 7.16. The van der Waals surface area contributed by atoms with Crippen molar-refractivity contribution in [1.82, 2.24) is 20.2 Å². The van der Waals surface area contributed by atoms with Crippen LogP contribution in [0.15, 0.2) is 66.3 Å². The number of benzene rings is 2. The second-order valence-corrected chi connectivity index (χ2v) is 11.2. The molecular formula is C29H27ClFN5OS. The zero-order valence-corrected chi connectivity index (χ0v) is 22.3. The highest BCUT2D eigenvalue weighted by Gasteiger charge is 2.47. The number of nitrogens with zero attached hydrogens (tertiary/aromatic N) is 4. The van der Waals surface area contributed by atoms with Crippen LogP contribution in [0.5, 0.6) is 0 Å². The van der Waals surface area contributed by atoms with Gasteiger partial charge in [-0.05, 0) is 73.5 Å². The lowest BCUT2D eigenvalue weighted by molar-refractivity contribution is 0.180. The van der Waals surface area contributed by atoms with Crippen LogP contribution in [-0.2, 0) is 12.0 Å². The van der Waals surface area contributed by atoms with Crippen LogP contribution < -0.4 is 10.2 Å². The summed E-state index contributed by atoms with van der Waals surface area (Å²) in [6, 6.07) is 14.2. The number of fused-ring (bicyclic) bond motifs is 4. The maximum atomic E-state index is 13.4. The molecule has 2 aromatic heterocycles. The maximum Gasteiger partial charge on any atom is 0.322 e. The lowest BCUT2D eigenvalue weighted by Gasteiger charge is -2.39. The Morgan fingerprint density at radius 2 is 1.95 bits per heavy atom. The lowest BCUT2D eigenvalue weighted by atomic mass is 9.74. The smallest absolute Gasteiger partial charge is 0.322 e. The number of carbonyl (C=O) groups excluding carboxylic acids is 1. The highest BCUT2D eigenvalue weighted by atomic mass is 35.5. The zero-order chi connectivity index (χ0) is 26.1. The standard InChI is InChI=1S/C29H27ClFN5OS/c30-25-16-21(9-12-32-25)17-33-28(37)36-18-29(26-23(36)7-8-24-27(26)34-19-38-24)10-14-35(15-11-29)13-1-2-20-3-5-22(31)6-4-20/h1-9,12,16,19H,10-11,13-15,17-18H2,(H,33,37). The van der Waals surface area contributed by atoms with Crippen molar-refractivity contribution in [2.24, 2.45) is 0 Å². The van der Waals surface area contributed by atoms with Crippen LogP contribution in [0.3, 0.4) is 0 Å². The fourth-order valence-electron chi connectivity index (χ4n) is 5.63. The third-order valence-corrected chi connectivity index (χ3v) is 8.60. The van der Waals surface area contributed by atoms with Gasteiger partial charge in [0.15, 0.2) is 0 Å². The second kappa shape index (κ2) is 10.4. The first-order valence-electron chi connectivity index (χ1n) is 12.7. The summed E-state index contributed by atoms with van der Waals surface area (Å²) in [5.74, 6) is -0.223. The molecule has 2 aliphatic heterocycles. The van der Waals surface area contributed by atoms with Gasteiger partial charge < -0.3 is 5.32 Å². The van der Waals surface area contributed by atoms with E-state index in [4.69, 9.17) is 16.6 Å². The molecule has 1 fully saturated rings. The number of likely N-dealkylation sites (tertiary alicyclic amines) is 1. The molecule has 194 valence electrons. The van der Waals surface area contributed by atoms with Gasteiger partial charge in [-0.15, -0.1) is 11.3 Å². The van der Waals surface area contributed by atoms with Crippen LogP contribution >= 0.6 is 22.9 Å². The van der Waals surface area contributed by atoms with Gasteiger partial charge >= 0.3 is 6.03 Å². The quantitative estimate of drug-likeness (QED) is 0.300. The van der Waals surface area contributed by atoms with E-state index in [1.54, 1.807) is 35.7 Å². The van der Waals surface area contributed by atoms with Crippen molar-refractivity contribution >= 4 is 50.9 Å². The molecule has 6 nitrogen and oxygen atoms in total. The Hall–Kier alpha value is -3.33. The Kier molecular flexibility index (Phi) is 6.86. The summed E-state index contributed by atoms with van der Waals surface area (Å²) in [6.07, 6.45) is 7.72. The highest BCUT2D eigenvalue weighted by Crippen LogP contribution is 2.50. The molecule has 1 spiro atoms. The maximum absolute atomic E-state index is 13.4. The summed E-state index contributed by atoms with van der Waals surface area (Å²) in [6.45, 7) is 3.71. The monoisotopic (exact) mass is 547 g/mol. The molecule has 0 saturated carbocycles. The largest absolute Gasteiger partial charge is 0.334 e. The number of carbonyl (C=O) groups is 1. The summed E-state index contributed by atoms with van der Waals surface area (Å²) in [4.78, 5) is 26.5. The van der Waals surface area contributed by atoms with Crippen LogP contribution in [0.4, 0.5) is 14.9 Å². The normalized spacial score (nSPS) is 16.9. The minimum Gasteiger partial charge on any atom is -0.334 e. The van der Waals surface area contributed by atoms with E-state index in [0.717, 1.165) is 59.5 Å². The first kappa shape index (κ1) is 25.0. The Balaban J connectivity index is 1.18. The van der Waals surface area contributed by atoms with Crippen LogP contribution in [0.2, 0.25) is 5.15 Å². The molecule has 0 atom stereocenters. The van der Waals surface area contributed by atoms with E-state index in [-0.39, 0.29) is 17.3 Å². The minimum absolute atomic E-state index is 0.115. The summed E-state index contributed by atoms with van der Waals surface area (Å²) in [5.41, 5.74) is 6.85. The van der Waals surface area contributed by atoms with Gasteiger partial charge in [-0.3, -0.25) is 9.80 Å². The molecule has 0 unspecified atom stereocenters. The fourth-order valence-corrected chi connectivity index (χ4v) is 6.51. The molecule has 4 aromatic rings. The van der Waals surface area contributed by atoms with Gasteiger partial charge in [-0.1, -0.05) is 35.9 Å². The van der Waals surface area contributed by atoms with Crippen LogP contribution in [0.25, 0.3) is 16.3 Å². The van der Waals surface area contributed by atoms with Crippen molar-refractivity contribution in [1.29, 1.82) is 0 Å². The molecule has 1 saturated heterocycles. The van der Waals surface area contributed by atoms with Crippen molar-refractivity contribution in [2.45, 2.75) is 24.8 Å². The van der Waals surface area contributed by atoms with Crippen molar-refractivity contribution in [3.63, 3.8) is 0 Å². The van der Waals surface area contributed by atoms with E-state index in [2.05, 4.69) is 33.4 Å². The summed E-state index contributed by atoms with van der Waals surface area (Å²) in [5, 5.41) is 3.48. The summed E-state index contributed by atoms with van der Waals surface area (Å²) in [7, 11) is 0. The Morgan fingerprint density at radius 3 is 2.74 bits per heavy atom. The molecule has 1 N–H and O–H groups in total. The van der Waals surface area contributed by atoms with E-state index in [1.807, 2.05) is 22.6 Å². The Bertz CT molecular complexity index is 1500. The van der Waals surface area contributed by atoms with Crippen molar-refractivity contribution in [3.8, 4) is 0 Å². The molecule has 4 heterocycles. The minimum atomic E-state index is -0.223. The van der Waals surface area contributed by atoms with Crippen molar-refractivity contribution < 1.29 is 9.18 Å². The third-order valence-electron chi connectivity index (χ3n) is 7.60. The second-order valence-electron chi connectivity index (χ2n) is 9.93. The van der Waals surface area contributed by atoms with E-state index in [9.17, 15) is 9.18 Å². The number of aromatic nitrogens is 2. The van der Waals surface area contributed by atoms with Gasteiger partial charge in [0.25, 0.3) is 0 Å². The molecule has 0 aliphatic carbocycles. The number of nitrogens with one attached hydrogen (secondary N) is 1. The number of pyridine rings is 1. The van der Waals surface area contributed by atoms with Gasteiger partial charge in [-0.2, -0.15) is 0 Å². The van der Waals surface area contributed by atoms with Crippen LogP contribution in [0, 0.1) is 5.82 Å².